The van der Waals surface area contributed by atoms with Crippen LogP contribution in [0.25, 0.3) is 0 Å². The van der Waals surface area contributed by atoms with Crippen LogP contribution in [-0.4, -0.2) is 22.6 Å². The van der Waals surface area contributed by atoms with Gasteiger partial charge in [0.1, 0.15) is 0 Å². The van der Waals surface area contributed by atoms with Crippen LogP contribution in [0.3, 0.4) is 0 Å². The molecule has 2 rings (SSSR count). The largest absolute Gasteiger partial charge is 0.395 e. The summed E-state index contributed by atoms with van der Waals surface area (Å²) in [5.41, 5.74) is 2.34. The van der Waals surface area contributed by atoms with Gasteiger partial charge in [0.25, 0.3) is 5.91 Å². The topological polar surface area (TPSA) is 62.2 Å². The van der Waals surface area contributed by atoms with Crippen LogP contribution in [0.1, 0.15) is 32.8 Å². The minimum atomic E-state index is -0.166. The molecule has 0 fully saturated rings. The molecule has 2 heterocycles. The van der Waals surface area contributed by atoms with Gasteiger partial charge in [0.15, 0.2) is 0 Å². The highest BCUT2D eigenvalue weighted by molar-refractivity contribution is 7.10. The van der Waals surface area contributed by atoms with Crippen LogP contribution < -0.4 is 5.32 Å². The molecule has 5 heteroatoms. The summed E-state index contributed by atoms with van der Waals surface area (Å²) in [6.45, 7) is 2.57. The van der Waals surface area contributed by atoms with E-state index < -0.39 is 0 Å². The Balaban J connectivity index is 2.01. The predicted molar refractivity (Wildman–Crippen MR) is 83.0 cm³/mol. The first-order chi connectivity index (χ1) is 10.2. The summed E-state index contributed by atoms with van der Waals surface area (Å²) in [6.07, 6.45) is 3.53. The number of aromatic nitrogens is 1. The number of hydrogen-bond acceptors (Lipinski definition) is 4. The Labute approximate surface area is 127 Å². The Morgan fingerprint density at radius 1 is 1.48 bits per heavy atom. The summed E-state index contributed by atoms with van der Waals surface area (Å²) in [7, 11) is 0. The highest BCUT2D eigenvalue weighted by Gasteiger charge is 2.07. The van der Waals surface area contributed by atoms with E-state index in [-0.39, 0.29) is 12.5 Å². The molecule has 21 heavy (non-hydrogen) atoms. The van der Waals surface area contributed by atoms with Crippen molar-refractivity contribution < 1.29 is 9.90 Å². The van der Waals surface area contributed by atoms with Gasteiger partial charge >= 0.3 is 0 Å². The molecule has 108 valence electrons. The van der Waals surface area contributed by atoms with Crippen molar-refractivity contribution >= 4 is 17.2 Å². The number of aliphatic hydroxyl groups excluding tert-OH is 1. The molecule has 0 bridgehead atoms. The summed E-state index contributed by atoms with van der Waals surface area (Å²) in [5.74, 6) is 5.51. The van der Waals surface area contributed by atoms with Crippen LogP contribution in [0.5, 0.6) is 0 Å². The number of carbonyl (C=O) groups is 1. The highest BCUT2D eigenvalue weighted by Crippen LogP contribution is 2.15. The van der Waals surface area contributed by atoms with Crippen LogP contribution in [-0.2, 0) is 6.54 Å². The average molecular weight is 300 g/mol. The number of aryl methyl sites for hydroxylation is 1. The molecule has 0 atom stereocenters. The third-order valence-corrected chi connectivity index (χ3v) is 3.87. The van der Waals surface area contributed by atoms with Gasteiger partial charge < -0.3 is 10.4 Å². The van der Waals surface area contributed by atoms with Crippen LogP contribution in [0.2, 0.25) is 0 Å². The molecule has 0 aliphatic heterocycles. The second-order valence-corrected chi connectivity index (χ2v) is 5.45. The standard InChI is InChI=1S/C16H16N2O2S/c1-12-5-7-21-15(12)11-18-16(20)14-8-13(9-17-10-14)4-2-3-6-19/h5,7-10,19H,3,6,11H2,1H3,(H,18,20). The van der Waals surface area contributed by atoms with Crippen molar-refractivity contribution in [3.63, 3.8) is 0 Å². The molecule has 2 N–H and O–H groups in total. The minimum absolute atomic E-state index is 0.0285. The number of rotatable bonds is 4. The number of amides is 1. The van der Waals surface area contributed by atoms with Crippen LogP contribution in [0.15, 0.2) is 29.9 Å². The Bertz CT molecular complexity index is 683. The van der Waals surface area contributed by atoms with Gasteiger partial charge in [-0.05, 0) is 30.0 Å². The smallest absolute Gasteiger partial charge is 0.253 e. The van der Waals surface area contributed by atoms with E-state index >= 15 is 0 Å². The molecule has 4 nitrogen and oxygen atoms in total. The molecule has 0 unspecified atom stereocenters. The van der Waals surface area contributed by atoms with E-state index in [2.05, 4.69) is 22.1 Å². The zero-order chi connectivity index (χ0) is 15.1. The normalized spacial score (nSPS) is 9.81. The van der Waals surface area contributed by atoms with Gasteiger partial charge in [0, 0.05) is 29.3 Å². The van der Waals surface area contributed by atoms with Gasteiger partial charge in [-0.15, -0.1) is 11.3 Å². The zero-order valence-corrected chi connectivity index (χ0v) is 12.5. The van der Waals surface area contributed by atoms with Crippen molar-refractivity contribution in [2.75, 3.05) is 6.61 Å². The maximum atomic E-state index is 12.1. The summed E-state index contributed by atoms with van der Waals surface area (Å²) >= 11 is 1.63. The molecule has 0 radical (unpaired) electrons. The van der Waals surface area contributed by atoms with Gasteiger partial charge in [-0.25, -0.2) is 0 Å². The molecule has 0 saturated carbocycles. The molecule has 0 aliphatic rings. The molecule has 0 aromatic carbocycles. The third-order valence-electron chi connectivity index (χ3n) is 2.85. The molecule has 0 saturated heterocycles. The van der Waals surface area contributed by atoms with E-state index in [0.717, 1.165) is 4.88 Å². The Kier molecular flexibility index (Phi) is 5.50. The maximum Gasteiger partial charge on any atom is 0.253 e. The Morgan fingerprint density at radius 2 is 2.33 bits per heavy atom. The van der Waals surface area contributed by atoms with Gasteiger partial charge in [-0.2, -0.15) is 0 Å². The van der Waals surface area contributed by atoms with Crippen molar-refractivity contribution in [3.8, 4) is 11.8 Å². The van der Waals surface area contributed by atoms with Gasteiger partial charge in [0.2, 0.25) is 0 Å². The summed E-state index contributed by atoms with van der Waals surface area (Å²) in [5, 5.41) is 13.6. The molecule has 2 aromatic heterocycles. The lowest BCUT2D eigenvalue weighted by molar-refractivity contribution is 0.0951. The lowest BCUT2D eigenvalue weighted by atomic mass is 10.2. The van der Waals surface area contributed by atoms with E-state index in [1.165, 1.54) is 11.8 Å². The summed E-state index contributed by atoms with van der Waals surface area (Å²) in [6, 6.07) is 3.74. The van der Waals surface area contributed by atoms with E-state index in [0.29, 0.717) is 24.1 Å². The monoisotopic (exact) mass is 300 g/mol. The molecule has 0 spiro atoms. The quantitative estimate of drug-likeness (QED) is 0.850. The number of aliphatic hydroxyl groups is 1. The fourth-order valence-corrected chi connectivity index (χ4v) is 2.55. The SMILES string of the molecule is Cc1ccsc1CNC(=O)c1cncc(C#CCCO)c1. The molecule has 1 amide bonds. The first-order valence-corrected chi connectivity index (χ1v) is 7.44. The van der Waals surface area contributed by atoms with Crippen molar-refractivity contribution in [1.29, 1.82) is 0 Å². The van der Waals surface area contributed by atoms with Crippen LogP contribution in [0.4, 0.5) is 0 Å². The lowest BCUT2D eigenvalue weighted by Gasteiger charge is -2.04. The van der Waals surface area contributed by atoms with E-state index in [1.807, 2.05) is 18.4 Å². The van der Waals surface area contributed by atoms with E-state index in [4.69, 9.17) is 5.11 Å². The first-order valence-electron chi connectivity index (χ1n) is 6.56. The second-order valence-electron chi connectivity index (χ2n) is 4.45. The molecular weight excluding hydrogens is 284 g/mol. The Hall–Kier alpha value is -2.16. The van der Waals surface area contributed by atoms with E-state index in [9.17, 15) is 4.79 Å². The number of carbonyl (C=O) groups excluding carboxylic acids is 1. The first kappa shape index (κ1) is 15.2. The fraction of sp³-hybridized carbons (Fsp3) is 0.250. The highest BCUT2D eigenvalue weighted by atomic mass is 32.1. The second kappa shape index (κ2) is 7.58. The van der Waals surface area contributed by atoms with Gasteiger partial charge in [0.05, 0.1) is 18.7 Å². The number of pyridine rings is 1. The number of hydrogen-bond donors (Lipinski definition) is 2. The maximum absolute atomic E-state index is 12.1. The minimum Gasteiger partial charge on any atom is -0.395 e. The van der Waals surface area contributed by atoms with Crippen molar-refractivity contribution in [2.45, 2.75) is 19.9 Å². The number of nitrogens with one attached hydrogen (secondary N) is 1. The summed E-state index contributed by atoms with van der Waals surface area (Å²) in [4.78, 5) is 17.3. The van der Waals surface area contributed by atoms with Crippen LogP contribution in [0, 0.1) is 18.8 Å². The lowest BCUT2D eigenvalue weighted by Crippen LogP contribution is -2.22. The van der Waals surface area contributed by atoms with Crippen molar-refractivity contribution in [2.24, 2.45) is 0 Å². The number of nitrogens with zero attached hydrogens (tertiary/aromatic N) is 1. The molecular formula is C16H16N2O2S. The zero-order valence-electron chi connectivity index (χ0n) is 11.7. The van der Waals surface area contributed by atoms with Gasteiger partial charge in [-0.1, -0.05) is 11.8 Å². The predicted octanol–water partition coefficient (Wildman–Crippen LogP) is 2.12. The molecule has 2 aromatic rings. The van der Waals surface area contributed by atoms with Crippen molar-refractivity contribution in [1.82, 2.24) is 10.3 Å². The van der Waals surface area contributed by atoms with Gasteiger partial charge in [-0.3, -0.25) is 9.78 Å². The fourth-order valence-electron chi connectivity index (χ4n) is 1.70. The average Bonchev–Trinajstić information content (AvgIpc) is 2.91. The molecule has 0 aliphatic carbocycles. The summed E-state index contributed by atoms with van der Waals surface area (Å²) < 4.78 is 0. The third kappa shape index (κ3) is 4.42. The van der Waals surface area contributed by atoms with Crippen LogP contribution >= 0.6 is 11.3 Å². The van der Waals surface area contributed by atoms with E-state index in [1.54, 1.807) is 23.6 Å². The van der Waals surface area contributed by atoms with Crippen molar-refractivity contribution in [3.05, 3.63) is 51.5 Å². The number of thiophene rings is 1. The Morgan fingerprint density at radius 3 is 3.05 bits per heavy atom.